The summed E-state index contributed by atoms with van der Waals surface area (Å²) < 4.78 is 11.7. The van der Waals surface area contributed by atoms with Gasteiger partial charge in [0.05, 0.1) is 19.1 Å². The number of fused-ring (bicyclic) bond motifs is 1. The van der Waals surface area contributed by atoms with Gasteiger partial charge in [-0.2, -0.15) is 0 Å². The molecule has 1 saturated heterocycles. The lowest BCUT2D eigenvalue weighted by atomic mass is 9.54. The molecule has 5 fully saturated rings. The van der Waals surface area contributed by atoms with Gasteiger partial charge in [0.2, 0.25) is 0 Å². The summed E-state index contributed by atoms with van der Waals surface area (Å²) >= 11 is 0. The fraction of sp³-hybridized carbons (Fsp3) is 0.632. The molecule has 0 aromatic heterocycles. The van der Waals surface area contributed by atoms with E-state index in [1.54, 1.807) is 0 Å². The predicted octanol–water partition coefficient (Wildman–Crippen LogP) is 2.99. The number of rotatable bonds is 2. The van der Waals surface area contributed by atoms with Crippen LogP contribution >= 0.6 is 0 Å². The molecule has 3 nitrogen and oxygen atoms in total. The topological polar surface area (TPSA) is 35.5 Å². The largest absolute Gasteiger partial charge is 0.469 e. The summed E-state index contributed by atoms with van der Waals surface area (Å²) in [6.45, 7) is 2.30. The third-order valence-corrected chi connectivity index (χ3v) is 7.22. The van der Waals surface area contributed by atoms with Crippen LogP contribution in [0, 0.1) is 35.5 Å². The van der Waals surface area contributed by atoms with Crippen LogP contribution in [-0.4, -0.2) is 19.2 Å². The van der Waals surface area contributed by atoms with Gasteiger partial charge >= 0.3 is 5.97 Å². The molecule has 6 rings (SSSR count). The van der Waals surface area contributed by atoms with E-state index in [0.717, 1.165) is 6.42 Å². The molecule has 0 unspecified atom stereocenters. The molecule has 0 N–H and O–H groups in total. The van der Waals surface area contributed by atoms with Crippen molar-refractivity contribution in [3.63, 3.8) is 0 Å². The van der Waals surface area contributed by atoms with Crippen LogP contribution in [-0.2, 0) is 19.9 Å². The molecule has 0 radical (unpaired) electrons. The van der Waals surface area contributed by atoms with Crippen molar-refractivity contribution >= 4 is 5.97 Å². The summed E-state index contributed by atoms with van der Waals surface area (Å²) in [5.41, 5.74) is 1.16. The Morgan fingerprint density at radius 2 is 1.95 bits per heavy atom. The number of carbonyl (C=O) groups excluding carboxylic acids is 1. The summed E-state index contributed by atoms with van der Waals surface area (Å²) in [5.74, 6) is 2.45. The molecule has 1 aromatic rings. The molecule has 22 heavy (non-hydrogen) atoms. The normalized spacial score (nSPS) is 50.5. The average molecular weight is 298 g/mol. The number of esters is 1. The van der Waals surface area contributed by atoms with Crippen molar-refractivity contribution in [1.29, 1.82) is 0 Å². The second-order valence-electron chi connectivity index (χ2n) is 7.59. The molecule has 4 saturated carbocycles. The van der Waals surface area contributed by atoms with Crippen LogP contribution in [0.5, 0.6) is 0 Å². The van der Waals surface area contributed by atoms with Crippen molar-refractivity contribution in [1.82, 2.24) is 0 Å². The minimum absolute atomic E-state index is 0.00985. The Morgan fingerprint density at radius 3 is 2.68 bits per heavy atom. The van der Waals surface area contributed by atoms with E-state index < -0.39 is 0 Å². The van der Waals surface area contributed by atoms with Crippen LogP contribution in [0.3, 0.4) is 0 Å². The molecule has 1 aliphatic heterocycles. The van der Waals surface area contributed by atoms with Crippen LogP contribution in [0.1, 0.15) is 25.3 Å². The lowest BCUT2D eigenvalue weighted by molar-refractivity contribution is -0.310. The van der Waals surface area contributed by atoms with Crippen LogP contribution in [0.15, 0.2) is 30.3 Å². The maximum absolute atomic E-state index is 12.4. The van der Waals surface area contributed by atoms with Crippen molar-refractivity contribution in [3.8, 4) is 0 Å². The summed E-state index contributed by atoms with van der Waals surface area (Å²) in [6, 6.07) is 10.7. The van der Waals surface area contributed by atoms with Gasteiger partial charge in [-0.05, 0) is 42.1 Å². The standard InChI is InChI=1S/C19H22O3/c1-10-14-12-8-9-13(15(14)18(20)21-2)17-16(12)19(10,22-17)11-6-4-3-5-7-11/h3-7,10,12-17H,8-9H2,1-2H3/t10-,12+,13-,14+,15+,16-,17+,19+/m0/s1. The van der Waals surface area contributed by atoms with E-state index in [4.69, 9.17) is 9.47 Å². The quantitative estimate of drug-likeness (QED) is 0.787. The summed E-state index contributed by atoms with van der Waals surface area (Å²) in [5, 5.41) is 0. The van der Waals surface area contributed by atoms with Gasteiger partial charge < -0.3 is 9.47 Å². The third-order valence-electron chi connectivity index (χ3n) is 7.22. The Labute approximate surface area is 131 Å². The molecular formula is C19H22O3. The van der Waals surface area contributed by atoms with E-state index in [-0.39, 0.29) is 23.6 Å². The fourth-order valence-corrected chi connectivity index (χ4v) is 6.63. The number of hydrogen-bond donors (Lipinski definition) is 0. The van der Waals surface area contributed by atoms with E-state index >= 15 is 0 Å². The average Bonchev–Trinajstić information content (AvgIpc) is 2.64. The second kappa shape index (κ2) is 4.14. The molecule has 1 heterocycles. The van der Waals surface area contributed by atoms with Gasteiger partial charge in [-0.15, -0.1) is 0 Å². The maximum atomic E-state index is 12.4. The molecule has 3 heteroatoms. The zero-order valence-corrected chi connectivity index (χ0v) is 13.1. The van der Waals surface area contributed by atoms with Crippen molar-refractivity contribution in [2.75, 3.05) is 7.11 Å². The van der Waals surface area contributed by atoms with Gasteiger partial charge in [0.1, 0.15) is 5.60 Å². The minimum atomic E-state index is -0.150. The third kappa shape index (κ3) is 1.23. The Hall–Kier alpha value is -1.35. The second-order valence-corrected chi connectivity index (χ2v) is 7.59. The van der Waals surface area contributed by atoms with E-state index in [1.807, 2.05) is 0 Å². The van der Waals surface area contributed by atoms with Crippen LogP contribution in [0.4, 0.5) is 0 Å². The highest BCUT2D eigenvalue weighted by molar-refractivity contribution is 5.74. The molecule has 1 aromatic carbocycles. The molecule has 5 aliphatic rings. The molecule has 116 valence electrons. The van der Waals surface area contributed by atoms with Gasteiger partial charge in [-0.25, -0.2) is 0 Å². The van der Waals surface area contributed by atoms with Crippen LogP contribution in [0.2, 0.25) is 0 Å². The minimum Gasteiger partial charge on any atom is -0.469 e. The summed E-state index contributed by atoms with van der Waals surface area (Å²) in [7, 11) is 1.53. The van der Waals surface area contributed by atoms with E-state index in [1.165, 1.54) is 19.1 Å². The first-order chi connectivity index (χ1) is 10.7. The fourth-order valence-electron chi connectivity index (χ4n) is 6.63. The molecule has 4 bridgehead atoms. The number of carbonyl (C=O) groups is 1. The van der Waals surface area contributed by atoms with Crippen molar-refractivity contribution < 1.29 is 14.3 Å². The van der Waals surface area contributed by atoms with E-state index in [2.05, 4.69) is 37.3 Å². The highest BCUT2D eigenvalue weighted by Crippen LogP contribution is 2.75. The lowest BCUT2D eigenvalue weighted by Crippen LogP contribution is -2.65. The first kappa shape index (κ1) is 13.1. The zero-order chi connectivity index (χ0) is 15.1. The zero-order valence-electron chi connectivity index (χ0n) is 13.1. The van der Waals surface area contributed by atoms with Gasteiger partial charge in [-0.1, -0.05) is 37.3 Å². The van der Waals surface area contributed by atoms with Crippen molar-refractivity contribution in [2.45, 2.75) is 31.5 Å². The molecule has 4 aliphatic carbocycles. The van der Waals surface area contributed by atoms with Crippen molar-refractivity contribution in [2.24, 2.45) is 35.5 Å². The SMILES string of the molecule is COC(=O)[C@@H]1[C@@H]2CC[C@@H]3[C@H]1[C@H](C)[C@]1(c4ccccc4)O[C@H]2[C@H]31. The van der Waals surface area contributed by atoms with Crippen LogP contribution in [0.25, 0.3) is 0 Å². The number of benzene rings is 1. The Bertz CT molecular complexity index is 627. The number of hydrogen-bond acceptors (Lipinski definition) is 3. The highest BCUT2D eigenvalue weighted by Gasteiger charge is 2.78. The molecular weight excluding hydrogens is 276 g/mol. The van der Waals surface area contributed by atoms with Crippen molar-refractivity contribution in [3.05, 3.63) is 35.9 Å². The van der Waals surface area contributed by atoms with Gasteiger partial charge in [0, 0.05) is 5.92 Å². The highest BCUT2D eigenvalue weighted by atomic mass is 16.5. The Balaban J connectivity index is 1.64. The Morgan fingerprint density at radius 1 is 1.23 bits per heavy atom. The summed E-state index contributed by atoms with van der Waals surface area (Å²) in [4.78, 5) is 12.4. The smallest absolute Gasteiger partial charge is 0.309 e. The lowest BCUT2D eigenvalue weighted by Gasteiger charge is -2.61. The Kier molecular flexibility index (Phi) is 2.47. The van der Waals surface area contributed by atoms with Gasteiger partial charge in [0.25, 0.3) is 0 Å². The molecule has 0 spiro atoms. The van der Waals surface area contributed by atoms with E-state index in [9.17, 15) is 4.79 Å². The number of ether oxygens (including phenoxy) is 2. The monoisotopic (exact) mass is 298 g/mol. The molecule has 8 atom stereocenters. The van der Waals surface area contributed by atoms with Crippen LogP contribution < -0.4 is 0 Å². The predicted molar refractivity (Wildman–Crippen MR) is 80.9 cm³/mol. The first-order valence-electron chi connectivity index (χ1n) is 8.51. The molecule has 0 amide bonds. The summed E-state index contributed by atoms with van der Waals surface area (Å²) in [6.07, 6.45) is 2.65. The first-order valence-corrected chi connectivity index (χ1v) is 8.51. The number of methoxy groups -OCH3 is 1. The van der Waals surface area contributed by atoms with Gasteiger partial charge in [-0.3, -0.25) is 4.79 Å². The van der Waals surface area contributed by atoms with E-state index in [0.29, 0.717) is 29.6 Å². The van der Waals surface area contributed by atoms with Gasteiger partial charge in [0.15, 0.2) is 0 Å². The maximum Gasteiger partial charge on any atom is 0.309 e.